The average molecular weight is 467 g/mol. The largest absolute Gasteiger partial charge is 0.497 e. The number of aromatic hydroxyl groups is 1. The van der Waals surface area contributed by atoms with Crippen molar-refractivity contribution in [1.82, 2.24) is 4.57 Å². The number of aromatic nitrogens is 1. The fraction of sp³-hybridized carbons (Fsp3) is 0.240. The van der Waals surface area contributed by atoms with Gasteiger partial charge in [-0.05, 0) is 67.3 Å². The minimum absolute atomic E-state index is 0.0868. The lowest BCUT2D eigenvalue weighted by Gasteiger charge is -2.16. The highest BCUT2D eigenvalue weighted by Crippen LogP contribution is 2.25. The number of carbonyl (C=O) groups is 1. The third-order valence-corrected chi connectivity index (χ3v) is 5.79. The van der Waals surface area contributed by atoms with Crippen molar-refractivity contribution in [2.75, 3.05) is 13.7 Å². The SMILES string of the molecule is COc1ccc(CCn2c(O)c(C(=O)COc3ccc(Cl)c(C)c3)c(C)c(C#N)c2=O)cc1. The smallest absolute Gasteiger partial charge is 0.271 e. The van der Waals surface area contributed by atoms with E-state index in [2.05, 4.69) is 0 Å². The summed E-state index contributed by atoms with van der Waals surface area (Å²) in [6.45, 7) is 2.98. The Morgan fingerprint density at radius 3 is 2.42 bits per heavy atom. The molecule has 3 aromatic rings. The molecule has 0 radical (unpaired) electrons. The topological polar surface area (TPSA) is 102 Å². The van der Waals surface area contributed by atoms with Crippen LogP contribution in [0.25, 0.3) is 0 Å². The number of carbonyl (C=O) groups excluding carboxylic acids is 1. The molecule has 0 unspecified atom stereocenters. The van der Waals surface area contributed by atoms with Crippen molar-refractivity contribution >= 4 is 17.4 Å². The molecule has 1 heterocycles. The second kappa shape index (κ2) is 10.2. The molecule has 2 aromatic carbocycles. The molecule has 1 N–H and O–H groups in total. The molecule has 33 heavy (non-hydrogen) atoms. The zero-order valence-corrected chi connectivity index (χ0v) is 19.3. The normalized spacial score (nSPS) is 10.5. The Hall–Kier alpha value is -3.76. The second-order valence-electron chi connectivity index (χ2n) is 7.49. The van der Waals surface area contributed by atoms with Crippen LogP contribution in [-0.2, 0) is 13.0 Å². The average Bonchev–Trinajstić information content (AvgIpc) is 2.80. The Morgan fingerprint density at radius 2 is 1.82 bits per heavy atom. The number of ketones is 1. The van der Waals surface area contributed by atoms with Crippen molar-refractivity contribution in [2.24, 2.45) is 0 Å². The molecule has 0 aliphatic rings. The van der Waals surface area contributed by atoms with Gasteiger partial charge in [0.1, 0.15) is 23.1 Å². The van der Waals surface area contributed by atoms with Gasteiger partial charge in [-0.3, -0.25) is 14.2 Å². The molecular weight excluding hydrogens is 444 g/mol. The number of Topliss-reactive ketones (excluding diaryl/α,β-unsaturated/α-hetero) is 1. The molecule has 170 valence electrons. The Kier molecular flexibility index (Phi) is 7.41. The number of halogens is 1. The van der Waals surface area contributed by atoms with E-state index in [4.69, 9.17) is 21.1 Å². The summed E-state index contributed by atoms with van der Waals surface area (Å²) in [6, 6.07) is 14.1. The van der Waals surface area contributed by atoms with E-state index in [0.717, 1.165) is 15.7 Å². The van der Waals surface area contributed by atoms with Crippen LogP contribution in [0.2, 0.25) is 5.02 Å². The number of pyridine rings is 1. The van der Waals surface area contributed by atoms with Gasteiger partial charge in [0, 0.05) is 11.6 Å². The molecule has 0 aliphatic carbocycles. The van der Waals surface area contributed by atoms with Gasteiger partial charge in [-0.2, -0.15) is 5.26 Å². The van der Waals surface area contributed by atoms with Crippen LogP contribution < -0.4 is 15.0 Å². The van der Waals surface area contributed by atoms with E-state index < -0.39 is 17.2 Å². The number of nitrogens with zero attached hydrogens (tertiary/aromatic N) is 2. The van der Waals surface area contributed by atoms with E-state index >= 15 is 0 Å². The maximum absolute atomic E-state index is 12.9. The zero-order chi connectivity index (χ0) is 24.1. The Morgan fingerprint density at radius 1 is 1.15 bits per heavy atom. The summed E-state index contributed by atoms with van der Waals surface area (Å²) in [5, 5.41) is 20.9. The first-order valence-corrected chi connectivity index (χ1v) is 10.6. The van der Waals surface area contributed by atoms with Gasteiger partial charge in [-0.15, -0.1) is 0 Å². The molecule has 0 saturated heterocycles. The number of aryl methyl sites for hydroxylation is 2. The summed E-state index contributed by atoms with van der Waals surface area (Å²) in [5.41, 5.74) is 0.878. The predicted molar refractivity (Wildman–Crippen MR) is 125 cm³/mol. The van der Waals surface area contributed by atoms with Gasteiger partial charge in [-0.25, -0.2) is 0 Å². The number of methoxy groups -OCH3 is 1. The van der Waals surface area contributed by atoms with Crippen LogP contribution in [-0.4, -0.2) is 29.2 Å². The van der Waals surface area contributed by atoms with Crippen LogP contribution in [0.15, 0.2) is 47.3 Å². The molecule has 0 saturated carbocycles. The van der Waals surface area contributed by atoms with Crippen molar-refractivity contribution in [3.8, 4) is 23.4 Å². The molecule has 0 aliphatic heterocycles. The molecule has 0 bridgehead atoms. The van der Waals surface area contributed by atoms with E-state index in [-0.39, 0.29) is 29.8 Å². The highest BCUT2D eigenvalue weighted by Gasteiger charge is 2.24. The van der Waals surface area contributed by atoms with Crippen molar-refractivity contribution in [3.63, 3.8) is 0 Å². The summed E-state index contributed by atoms with van der Waals surface area (Å²) in [7, 11) is 1.57. The standard InChI is InChI=1S/C25H23ClN2O5/c1-15-12-19(8-9-21(15)26)33-14-22(29)23-16(2)20(13-27)24(30)28(25(23)31)11-10-17-4-6-18(32-3)7-5-17/h4-9,12,31H,10-11,14H2,1-3H3. The Labute approximate surface area is 196 Å². The van der Waals surface area contributed by atoms with Crippen LogP contribution in [0, 0.1) is 25.2 Å². The number of rotatable bonds is 8. The molecule has 0 amide bonds. The van der Waals surface area contributed by atoms with Crippen molar-refractivity contribution in [3.05, 3.63) is 85.7 Å². The minimum Gasteiger partial charge on any atom is -0.497 e. The fourth-order valence-corrected chi connectivity index (χ4v) is 3.57. The summed E-state index contributed by atoms with van der Waals surface area (Å²) in [5.74, 6) is 0.110. The lowest BCUT2D eigenvalue weighted by atomic mass is 10.0. The molecule has 8 heteroatoms. The molecule has 7 nitrogen and oxygen atoms in total. The monoisotopic (exact) mass is 466 g/mol. The van der Waals surface area contributed by atoms with Gasteiger partial charge in [0.05, 0.1) is 12.7 Å². The van der Waals surface area contributed by atoms with Gasteiger partial charge in [0.15, 0.2) is 6.61 Å². The maximum atomic E-state index is 12.9. The zero-order valence-electron chi connectivity index (χ0n) is 18.5. The van der Waals surface area contributed by atoms with Gasteiger partial charge in [0.2, 0.25) is 11.7 Å². The molecule has 0 spiro atoms. The second-order valence-corrected chi connectivity index (χ2v) is 7.90. The maximum Gasteiger partial charge on any atom is 0.271 e. The van der Waals surface area contributed by atoms with E-state index in [1.54, 1.807) is 37.4 Å². The van der Waals surface area contributed by atoms with E-state index in [0.29, 0.717) is 22.9 Å². The lowest BCUT2D eigenvalue weighted by molar-refractivity contribution is 0.0916. The van der Waals surface area contributed by atoms with Crippen molar-refractivity contribution in [1.29, 1.82) is 5.26 Å². The Balaban J connectivity index is 1.88. The van der Waals surface area contributed by atoms with E-state index in [1.807, 2.05) is 25.1 Å². The quantitative estimate of drug-likeness (QED) is 0.499. The van der Waals surface area contributed by atoms with Crippen LogP contribution >= 0.6 is 11.6 Å². The molecular formula is C25H23ClN2O5. The minimum atomic E-state index is -0.646. The molecule has 0 atom stereocenters. The lowest BCUT2D eigenvalue weighted by Crippen LogP contribution is -2.28. The van der Waals surface area contributed by atoms with Crippen molar-refractivity contribution < 1.29 is 19.4 Å². The molecule has 3 rings (SSSR count). The number of hydrogen-bond donors (Lipinski definition) is 1. The van der Waals surface area contributed by atoms with Crippen LogP contribution in [0.1, 0.15) is 32.6 Å². The first-order valence-electron chi connectivity index (χ1n) is 10.2. The highest BCUT2D eigenvalue weighted by molar-refractivity contribution is 6.31. The van der Waals surface area contributed by atoms with Crippen molar-refractivity contribution in [2.45, 2.75) is 26.8 Å². The molecule has 0 fully saturated rings. The highest BCUT2D eigenvalue weighted by atomic mass is 35.5. The number of hydrogen-bond acceptors (Lipinski definition) is 6. The third-order valence-electron chi connectivity index (χ3n) is 5.36. The Bertz CT molecular complexity index is 1290. The van der Waals surface area contributed by atoms with Gasteiger partial charge < -0.3 is 14.6 Å². The summed E-state index contributed by atoms with van der Waals surface area (Å²) >= 11 is 6.01. The van der Waals surface area contributed by atoms with Crippen LogP contribution in [0.5, 0.6) is 17.4 Å². The number of ether oxygens (including phenoxy) is 2. The van der Waals surface area contributed by atoms with E-state index in [9.17, 15) is 20.0 Å². The first-order chi connectivity index (χ1) is 15.8. The number of benzene rings is 2. The van der Waals surface area contributed by atoms with E-state index in [1.165, 1.54) is 6.92 Å². The van der Waals surface area contributed by atoms with Gasteiger partial charge in [-0.1, -0.05) is 23.7 Å². The molecule has 1 aromatic heterocycles. The number of nitriles is 1. The third kappa shape index (κ3) is 5.18. The van der Waals surface area contributed by atoms with Crippen LogP contribution in [0.3, 0.4) is 0 Å². The fourth-order valence-electron chi connectivity index (χ4n) is 3.45. The van der Waals surface area contributed by atoms with Gasteiger partial charge in [0.25, 0.3) is 5.56 Å². The summed E-state index contributed by atoms with van der Waals surface area (Å²) < 4.78 is 11.7. The van der Waals surface area contributed by atoms with Crippen LogP contribution in [0.4, 0.5) is 0 Å². The summed E-state index contributed by atoms with van der Waals surface area (Å²) in [4.78, 5) is 25.7. The van der Waals surface area contributed by atoms with Gasteiger partial charge >= 0.3 is 0 Å². The summed E-state index contributed by atoms with van der Waals surface area (Å²) in [6.07, 6.45) is 0.402. The first kappa shape index (κ1) is 23.9. The predicted octanol–water partition coefficient (Wildman–Crippen LogP) is 4.21.